The van der Waals surface area contributed by atoms with Gasteiger partial charge in [0.1, 0.15) is 0 Å². The van der Waals surface area contributed by atoms with Gasteiger partial charge in [-0.3, -0.25) is 9.59 Å². The van der Waals surface area contributed by atoms with E-state index in [1.54, 1.807) is 0 Å². The molecule has 0 saturated carbocycles. The van der Waals surface area contributed by atoms with E-state index in [1.807, 2.05) is 12.1 Å². The van der Waals surface area contributed by atoms with Gasteiger partial charge in [0.05, 0.1) is 6.42 Å². The SMILES string of the molecule is CC1C(C)(C)c2ccc(C(=O)CCC(=O)O)cc2C1(C)C. The Bertz CT molecular complexity index is 596. The van der Waals surface area contributed by atoms with Gasteiger partial charge in [-0.15, -0.1) is 0 Å². The molecule has 0 aliphatic heterocycles. The number of hydrogen-bond donors (Lipinski definition) is 1. The lowest BCUT2D eigenvalue weighted by molar-refractivity contribution is -0.136. The maximum Gasteiger partial charge on any atom is 0.303 e. The van der Waals surface area contributed by atoms with Gasteiger partial charge >= 0.3 is 5.97 Å². The molecule has 3 heteroatoms. The van der Waals surface area contributed by atoms with Crippen LogP contribution in [-0.2, 0) is 15.6 Å². The summed E-state index contributed by atoms with van der Waals surface area (Å²) in [7, 11) is 0. The van der Waals surface area contributed by atoms with E-state index in [-0.39, 0.29) is 29.5 Å². The van der Waals surface area contributed by atoms with Crippen molar-refractivity contribution in [1.82, 2.24) is 0 Å². The number of carboxylic acids is 1. The van der Waals surface area contributed by atoms with Gasteiger partial charge in [-0.25, -0.2) is 0 Å². The molecule has 0 fully saturated rings. The van der Waals surface area contributed by atoms with Crippen molar-refractivity contribution < 1.29 is 14.7 Å². The predicted octanol–water partition coefficient (Wildman–Crippen LogP) is 3.94. The minimum Gasteiger partial charge on any atom is -0.481 e. The van der Waals surface area contributed by atoms with Crippen molar-refractivity contribution in [2.75, 3.05) is 0 Å². The third-order valence-electron chi connectivity index (χ3n) is 5.46. The molecule has 21 heavy (non-hydrogen) atoms. The molecule has 2 rings (SSSR count). The number of carbonyl (C=O) groups is 2. The number of hydrogen-bond acceptors (Lipinski definition) is 2. The highest BCUT2D eigenvalue weighted by molar-refractivity contribution is 5.97. The lowest BCUT2D eigenvalue weighted by Crippen LogP contribution is -2.30. The molecule has 0 aromatic heterocycles. The van der Waals surface area contributed by atoms with E-state index in [9.17, 15) is 9.59 Å². The van der Waals surface area contributed by atoms with Gasteiger partial charge in [-0.05, 0) is 33.9 Å². The molecule has 0 heterocycles. The molecule has 0 bridgehead atoms. The number of carboxylic acid groups (broad SMARTS) is 1. The highest BCUT2D eigenvalue weighted by atomic mass is 16.4. The Morgan fingerprint density at radius 1 is 1.05 bits per heavy atom. The average molecular weight is 288 g/mol. The van der Waals surface area contributed by atoms with Gasteiger partial charge in [-0.1, -0.05) is 46.8 Å². The summed E-state index contributed by atoms with van der Waals surface area (Å²) in [6, 6.07) is 5.87. The van der Waals surface area contributed by atoms with Crippen LogP contribution in [0.4, 0.5) is 0 Å². The highest BCUT2D eigenvalue weighted by Crippen LogP contribution is 2.53. The lowest BCUT2D eigenvalue weighted by Gasteiger charge is -2.32. The zero-order chi connectivity index (χ0) is 16.0. The van der Waals surface area contributed by atoms with E-state index in [2.05, 4.69) is 40.7 Å². The number of fused-ring (bicyclic) bond motifs is 1. The van der Waals surface area contributed by atoms with Crippen LogP contribution in [0.1, 0.15) is 68.9 Å². The summed E-state index contributed by atoms with van der Waals surface area (Å²) in [5.74, 6) is -0.544. The first-order valence-electron chi connectivity index (χ1n) is 7.48. The Kier molecular flexibility index (Phi) is 3.73. The summed E-state index contributed by atoms with van der Waals surface area (Å²) in [5.41, 5.74) is 3.26. The molecule has 1 unspecified atom stereocenters. The Hall–Kier alpha value is -1.64. The van der Waals surface area contributed by atoms with Crippen LogP contribution in [-0.4, -0.2) is 16.9 Å². The topological polar surface area (TPSA) is 54.4 Å². The summed E-state index contributed by atoms with van der Waals surface area (Å²) in [6.07, 6.45) is -0.0469. The minimum atomic E-state index is -0.931. The fraction of sp³-hybridized carbons (Fsp3) is 0.556. The van der Waals surface area contributed by atoms with Crippen LogP contribution in [0.25, 0.3) is 0 Å². The molecule has 1 N–H and O–H groups in total. The number of carbonyl (C=O) groups excluding carboxylic acids is 1. The van der Waals surface area contributed by atoms with E-state index in [0.29, 0.717) is 11.5 Å². The molecule has 1 atom stereocenters. The third-order valence-corrected chi connectivity index (χ3v) is 5.46. The van der Waals surface area contributed by atoms with Gasteiger partial charge in [0.2, 0.25) is 0 Å². The van der Waals surface area contributed by atoms with Crippen molar-refractivity contribution in [3.8, 4) is 0 Å². The molecule has 1 aliphatic carbocycles. The highest BCUT2D eigenvalue weighted by Gasteiger charge is 2.48. The largest absolute Gasteiger partial charge is 0.481 e. The molecule has 1 aliphatic rings. The first-order chi connectivity index (χ1) is 9.58. The Labute approximate surface area is 126 Å². The first kappa shape index (κ1) is 15.7. The fourth-order valence-electron chi connectivity index (χ4n) is 3.55. The predicted molar refractivity (Wildman–Crippen MR) is 82.9 cm³/mol. The van der Waals surface area contributed by atoms with Gasteiger partial charge in [0.15, 0.2) is 5.78 Å². The minimum absolute atomic E-state index is 0.0158. The number of rotatable bonds is 4. The average Bonchev–Trinajstić information content (AvgIpc) is 2.55. The molecule has 1 aromatic carbocycles. The maximum absolute atomic E-state index is 12.1. The van der Waals surface area contributed by atoms with Crippen LogP contribution < -0.4 is 0 Å². The normalized spacial score (nSPS) is 21.9. The van der Waals surface area contributed by atoms with E-state index in [4.69, 9.17) is 5.11 Å². The number of benzene rings is 1. The van der Waals surface area contributed by atoms with Crippen LogP contribution in [0, 0.1) is 5.92 Å². The van der Waals surface area contributed by atoms with Crippen molar-refractivity contribution >= 4 is 11.8 Å². The third kappa shape index (κ3) is 2.50. The Morgan fingerprint density at radius 2 is 1.62 bits per heavy atom. The van der Waals surface area contributed by atoms with E-state index in [0.717, 1.165) is 0 Å². The number of Topliss-reactive ketones (excluding diaryl/α,β-unsaturated/α-hetero) is 1. The molecular weight excluding hydrogens is 264 g/mol. The quantitative estimate of drug-likeness (QED) is 0.854. The molecular formula is C18H24O3. The number of aliphatic carboxylic acids is 1. The molecule has 3 nitrogen and oxygen atoms in total. The fourth-order valence-corrected chi connectivity index (χ4v) is 3.55. The van der Waals surface area contributed by atoms with Crippen LogP contribution in [0.2, 0.25) is 0 Å². The van der Waals surface area contributed by atoms with E-state index < -0.39 is 5.97 Å². The summed E-state index contributed by atoms with van der Waals surface area (Å²) in [6.45, 7) is 11.2. The van der Waals surface area contributed by atoms with Crippen LogP contribution in [0.15, 0.2) is 18.2 Å². The first-order valence-corrected chi connectivity index (χ1v) is 7.48. The van der Waals surface area contributed by atoms with Crippen molar-refractivity contribution in [3.63, 3.8) is 0 Å². The van der Waals surface area contributed by atoms with Crippen LogP contribution in [0.3, 0.4) is 0 Å². The zero-order valence-electron chi connectivity index (χ0n) is 13.5. The van der Waals surface area contributed by atoms with E-state index >= 15 is 0 Å². The lowest BCUT2D eigenvalue weighted by atomic mass is 9.71. The second kappa shape index (κ2) is 4.97. The van der Waals surface area contributed by atoms with Crippen LogP contribution in [0.5, 0.6) is 0 Å². The standard InChI is InChI=1S/C18H24O3/c1-11-17(2,3)13-7-6-12(10-14(13)18(11,4)5)15(19)8-9-16(20)21/h6-7,10-11H,8-9H2,1-5H3,(H,20,21). The van der Waals surface area contributed by atoms with Gasteiger partial charge in [-0.2, -0.15) is 0 Å². The summed E-state index contributed by atoms with van der Waals surface area (Å²) in [4.78, 5) is 22.7. The van der Waals surface area contributed by atoms with Crippen molar-refractivity contribution in [2.24, 2.45) is 5.92 Å². The summed E-state index contributed by atoms with van der Waals surface area (Å²) in [5, 5.41) is 8.70. The molecule has 0 spiro atoms. The van der Waals surface area contributed by atoms with Crippen molar-refractivity contribution in [1.29, 1.82) is 0 Å². The summed E-state index contributed by atoms with van der Waals surface area (Å²) >= 11 is 0. The molecule has 0 radical (unpaired) electrons. The maximum atomic E-state index is 12.1. The summed E-state index contributed by atoms with van der Waals surface area (Å²) < 4.78 is 0. The molecule has 0 amide bonds. The van der Waals surface area contributed by atoms with Gasteiger partial charge in [0, 0.05) is 12.0 Å². The molecule has 1 aromatic rings. The molecule has 0 saturated heterocycles. The van der Waals surface area contributed by atoms with Crippen molar-refractivity contribution in [3.05, 3.63) is 34.9 Å². The van der Waals surface area contributed by atoms with E-state index in [1.165, 1.54) is 11.1 Å². The zero-order valence-corrected chi connectivity index (χ0v) is 13.5. The van der Waals surface area contributed by atoms with Crippen LogP contribution >= 0.6 is 0 Å². The molecule has 114 valence electrons. The second-order valence-corrected chi connectivity index (χ2v) is 7.24. The van der Waals surface area contributed by atoms with Gasteiger partial charge in [0.25, 0.3) is 0 Å². The Morgan fingerprint density at radius 3 is 2.19 bits per heavy atom. The second-order valence-electron chi connectivity index (χ2n) is 7.24. The Balaban J connectivity index is 2.39. The number of ketones is 1. The monoisotopic (exact) mass is 288 g/mol. The smallest absolute Gasteiger partial charge is 0.303 e. The van der Waals surface area contributed by atoms with Gasteiger partial charge < -0.3 is 5.11 Å². The van der Waals surface area contributed by atoms with Crippen molar-refractivity contribution in [2.45, 2.75) is 58.3 Å².